The molecule has 2 aliphatic rings. The predicted molar refractivity (Wildman–Crippen MR) is 300 cm³/mol. The lowest BCUT2D eigenvalue weighted by Crippen LogP contribution is -2.25. The fraction of sp³-hybridized carbons (Fsp3) is 0.161. The number of rotatable bonds is 16. The first-order valence-corrected chi connectivity index (χ1v) is 27.5. The summed E-state index contributed by atoms with van der Waals surface area (Å²) in [6, 6.07) is 59.5. The molecule has 2 aliphatic carbocycles. The SMILES string of the molecule is COC1=CC=C(P(=Nc2ccc(-c3ccc(C4=CC=C(N=P(c5ccc(OC)cc5)(c5ccc(OC)cc5)c5ccc(OC)cc5)CCC4)cc3)cc2)(c2ccc(OC)cc2)c2ccc(OC)cc2)CC=C1. The van der Waals surface area contributed by atoms with Crippen LogP contribution in [0.5, 0.6) is 28.7 Å². The van der Waals surface area contributed by atoms with E-state index in [9.17, 15) is 0 Å². The normalized spacial score (nSPS) is 13.8. The molecule has 0 atom stereocenters. The summed E-state index contributed by atoms with van der Waals surface area (Å²) in [6.07, 6.45) is 16.4. The summed E-state index contributed by atoms with van der Waals surface area (Å²) < 4.78 is 45.4. The van der Waals surface area contributed by atoms with Crippen molar-refractivity contribution in [3.05, 3.63) is 229 Å². The van der Waals surface area contributed by atoms with Gasteiger partial charge in [-0.3, -0.25) is 9.49 Å². The average molecular weight is 991 g/mol. The van der Waals surface area contributed by atoms with E-state index in [4.69, 9.17) is 37.9 Å². The minimum atomic E-state index is -2.62. The molecule has 0 radical (unpaired) electrons. The van der Waals surface area contributed by atoms with Gasteiger partial charge in [0.25, 0.3) is 0 Å². The van der Waals surface area contributed by atoms with Crippen LogP contribution in [0.2, 0.25) is 0 Å². The highest BCUT2D eigenvalue weighted by Crippen LogP contribution is 2.59. The first kappa shape index (κ1) is 49.5. The van der Waals surface area contributed by atoms with E-state index in [2.05, 4.69) is 133 Å². The lowest BCUT2D eigenvalue weighted by molar-refractivity contribution is 0.307. The molecular formula is C62H60N2O6P2. The highest BCUT2D eigenvalue weighted by molar-refractivity contribution is 7.87. The van der Waals surface area contributed by atoms with E-state index in [-0.39, 0.29) is 0 Å². The lowest BCUT2D eigenvalue weighted by atomic mass is 9.97. The second-order valence-corrected chi connectivity index (χ2v) is 23.4. The molecule has 0 heterocycles. The number of hydrogen-bond acceptors (Lipinski definition) is 8. The Morgan fingerprint density at radius 1 is 0.361 bits per heavy atom. The van der Waals surface area contributed by atoms with Gasteiger partial charge >= 0.3 is 0 Å². The molecule has 0 spiro atoms. The molecule has 7 aromatic carbocycles. The maximum Gasteiger partial charge on any atom is 0.118 e. The van der Waals surface area contributed by atoms with Crippen LogP contribution in [-0.4, -0.2) is 42.7 Å². The molecule has 9 rings (SSSR count). The average Bonchev–Trinajstić information content (AvgIpc) is 3.85. The highest BCUT2D eigenvalue weighted by atomic mass is 31.2. The van der Waals surface area contributed by atoms with Gasteiger partial charge in [-0.25, -0.2) is 0 Å². The molecule has 0 unspecified atom stereocenters. The second-order valence-electron chi connectivity index (χ2n) is 17.3. The quantitative estimate of drug-likeness (QED) is 0.0898. The topological polar surface area (TPSA) is 80.1 Å². The van der Waals surface area contributed by atoms with Crippen LogP contribution in [0.3, 0.4) is 0 Å². The number of benzene rings is 7. The maximum absolute atomic E-state index is 5.88. The van der Waals surface area contributed by atoms with Crippen LogP contribution in [0, 0.1) is 0 Å². The fourth-order valence-corrected chi connectivity index (χ4v) is 16.5. The monoisotopic (exact) mass is 990 g/mol. The molecular weight excluding hydrogens is 931 g/mol. The van der Waals surface area contributed by atoms with Gasteiger partial charge in [0.2, 0.25) is 0 Å². The Morgan fingerprint density at radius 2 is 0.764 bits per heavy atom. The van der Waals surface area contributed by atoms with Gasteiger partial charge in [-0.1, -0.05) is 54.6 Å². The Labute approximate surface area is 424 Å². The van der Waals surface area contributed by atoms with Crippen molar-refractivity contribution in [1.29, 1.82) is 0 Å². The zero-order valence-corrected chi connectivity index (χ0v) is 43.5. The Hall–Kier alpha value is -7.50. The third-order valence-corrected chi connectivity index (χ3v) is 20.8. The molecule has 7 aromatic rings. The highest BCUT2D eigenvalue weighted by Gasteiger charge is 2.31. The minimum absolute atomic E-state index is 0.713. The van der Waals surface area contributed by atoms with Crippen molar-refractivity contribution in [3.63, 3.8) is 0 Å². The molecule has 0 N–H and O–H groups in total. The summed E-state index contributed by atoms with van der Waals surface area (Å²) in [7, 11) is 4.97. The molecule has 0 saturated heterocycles. The van der Waals surface area contributed by atoms with Crippen molar-refractivity contribution in [1.82, 2.24) is 0 Å². The van der Waals surface area contributed by atoms with Crippen molar-refractivity contribution in [2.45, 2.75) is 25.7 Å². The molecule has 8 nitrogen and oxygen atoms in total. The van der Waals surface area contributed by atoms with Crippen LogP contribution in [0.1, 0.15) is 31.2 Å². The van der Waals surface area contributed by atoms with Gasteiger partial charge in [0.1, 0.15) is 34.5 Å². The van der Waals surface area contributed by atoms with Crippen molar-refractivity contribution < 1.29 is 28.4 Å². The van der Waals surface area contributed by atoms with Crippen LogP contribution < -0.4 is 50.2 Å². The molecule has 0 aliphatic heterocycles. The molecule has 0 aromatic heterocycles. The largest absolute Gasteiger partial charge is 0.497 e. The first-order valence-electron chi connectivity index (χ1n) is 24.0. The van der Waals surface area contributed by atoms with Gasteiger partial charge in [0.15, 0.2) is 0 Å². The van der Waals surface area contributed by atoms with Crippen molar-refractivity contribution in [3.8, 4) is 39.9 Å². The van der Waals surface area contributed by atoms with E-state index in [1.807, 2.05) is 72.8 Å². The van der Waals surface area contributed by atoms with Crippen molar-refractivity contribution in [2.75, 3.05) is 42.7 Å². The van der Waals surface area contributed by atoms with Gasteiger partial charge in [0, 0.05) is 32.2 Å². The van der Waals surface area contributed by atoms with Crippen molar-refractivity contribution >= 4 is 51.9 Å². The van der Waals surface area contributed by atoms with Crippen LogP contribution in [0.25, 0.3) is 16.7 Å². The number of allylic oxidation sites excluding steroid dienone is 9. The van der Waals surface area contributed by atoms with Crippen LogP contribution >= 0.6 is 14.1 Å². The molecule has 0 fully saturated rings. The molecule has 10 heteroatoms. The zero-order valence-electron chi connectivity index (χ0n) is 41.7. The smallest absolute Gasteiger partial charge is 0.118 e. The standard InChI is InChI=1S/C62H60N2O6P2/c1-65-51-11-8-12-57(34-23-51)71(58-35-24-52(66-2)25-36-58,59-37-26-53(67-3)27-38-59)64-50-21-18-48(19-22-50)47-15-13-46(14-16-47)45-9-7-10-49(20-17-45)63-72(60-39-28-54(68-4)29-40-60,61-41-30-55(69-5)31-42-61)62-43-32-56(70-6)33-44-62/h8,11,13-44H,7,9-10,12H2,1-6H3. The lowest BCUT2D eigenvalue weighted by Gasteiger charge is -2.29. The zero-order chi connectivity index (χ0) is 49.9. The molecule has 0 bridgehead atoms. The van der Waals surface area contributed by atoms with Crippen LogP contribution in [0.4, 0.5) is 5.69 Å². The molecule has 72 heavy (non-hydrogen) atoms. The summed E-state index contributed by atoms with van der Waals surface area (Å²) in [5, 5.41) is 6.85. The van der Waals surface area contributed by atoms with E-state index in [1.165, 1.54) is 16.5 Å². The summed E-state index contributed by atoms with van der Waals surface area (Å²) in [5.41, 5.74) is 6.71. The fourth-order valence-electron chi connectivity index (χ4n) is 9.35. The number of hydrogen-bond donors (Lipinski definition) is 0. The van der Waals surface area contributed by atoms with Gasteiger partial charge in [-0.05, 0) is 205 Å². The third kappa shape index (κ3) is 10.4. The first-order chi connectivity index (χ1) is 35.3. The minimum Gasteiger partial charge on any atom is -0.497 e. The molecule has 364 valence electrons. The van der Waals surface area contributed by atoms with Gasteiger partial charge in [-0.15, -0.1) is 0 Å². The summed E-state index contributed by atoms with van der Waals surface area (Å²) in [5.74, 6) is 4.80. The second kappa shape index (κ2) is 22.7. The van der Waals surface area contributed by atoms with E-state index in [0.29, 0.717) is 6.42 Å². The number of ether oxygens (including phenoxy) is 6. The Kier molecular flexibility index (Phi) is 15.6. The van der Waals surface area contributed by atoms with E-state index >= 15 is 0 Å². The third-order valence-electron chi connectivity index (χ3n) is 13.3. The van der Waals surface area contributed by atoms with E-state index in [0.717, 1.165) is 103 Å². The summed E-state index contributed by atoms with van der Waals surface area (Å²) in [6.45, 7) is 0. The summed E-state index contributed by atoms with van der Waals surface area (Å²) >= 11 is 0. The van der Waals surface area contributed by atoms with Gasteiger partial charge in [0.05, 0.1) is 62.5 Å². The van der Waals surface area contributed by atoms with E-state index < -0.39 is 14.1 Å². The predicted octanol–water partition coefficient (Wildman–Crippen LogP) is 13.9. The van der Waals surface area contributed by atoms with E-state index in [1.54, 1.807) is 42.7 Å². The molecule has 0 saturated carbocycles. The Balaban J connectivity index is 1.07. The van der Waals surface area contributed by atoms with Gasteiger partial charge in [-0.2, -0.15) is 0 Å². The summed E-state index contributed by atoms with van der Waals surface area (Å²) in [4.78, 5) is 0. The number of methoxy groups -OCH3 is 6. The maximum atomic E-state index is 5.88. The van der Waals surface area contributed by atoms with Crippen molar-refractivity contribution in [2.24, 2.45) is 9.49 Å². The Bertz CT molecular complexity index is 3090. The Morgan fingerprint density at radius 3 is 1.18 bits per heavy atom. The van der Waals surface area contributed by atoms with Gasteiger partial charge < -0.3 is 28.4 Å². The van der Waals surface area contributed by atoms with Crippen LogP contribution in [0.15, 0.2) is 233 Å². The number of nitrogens with zero attached hydrogens (tertiary/aromatic N) is 2. The van der Waals surface area contributed by atoms with Crippen LogP contribution in [-0.2, 0) is 4.74 Å². The molecule has 0 amide bonds.